The van der Waals surface area contributed by atoms with E-state index in [4.69, 9.17) is 0 Å². The molecule has 30 heavy (non-hydrogen) atoms. The molecule has 1 saturated heterocycles. The van der Waals surface area contributed by atoms with Crippen LogP contribution in [0.5, 0.6) is 0 Å². The Balaban J connectivity index is 1.49. The fourth-order valence-corrected chi connectivity index (χ4v) is 3.88. The minimum absolute atomic E-state index is 0.203. The molecule has 0 spiro atoms. The topological polar surface area (TPSA) is 93.0 Å². The number of nitrogens with one attached hydrogen (secondary N) is 1. The number of hydrogen-bond donors (Lipinski definition) is 1. The van der Waals surface area contributed by atoms with Gasteiger partial charge in [-0.1, -0.05) is 54.6 Å². The number of fused-ring (bicyclic) bond motifs is 1. The quantitative estimate of drug-likeness (QED) is 0.534. The van der Waals surface area contributed by atoms with Crippen LogP contribution in [0, 0.1) is 0 Å². The van der Waals surface area contributed by atoms with E-state index in [2.05, 4.69) is 20.8 Å². The van der Waals surface area contributed by atoms with Crippen LogP contribution in [0.1, 0.15) is 18.1 Å². The molecule has 1 aliphatic rings. The van der Waals surface area contributed by atoms with Crippen molar-refractivity contribution in [1.29, 1.82) is 0 Å². The number of tetrazole rings is 1. The number of aromatic nitrogens is 4. The zero-order chi connectivity index (χ0) is 20.7. The second-order valence-electron chi connectivity index (χ2n) is 7.39. The van der Waals surface area contributed by atoms with Gasteiger partial charge in [-0.25, -0.2) is 9.48 Å². The molecule has 1 atom stereocenters. The van der Waals surface area contributed by atoms with Gasteiger partial charge >= 0.3 is 6.03 Å². The van der Waals surface area contributed by atoms with Crippen molar-refractivity contribution in [2.45, 2.75) is 19.0 Å². The highest BCUT2D eigenvalue weighted by Gasteiger charge is 2.49. The van der Waals surface area contributed by atoms with E-state index < -0.39 is 11.6 Å². The molecule has 0 bridgehead atoms. The van der Waals surface area contributed by atoms with Gasteiger partial charge in [0.25, 0.3) is 5.91 Å². The number of rotatable bonds is 4. The Hall–Kier alpha value is -4.07. The number of hydrogen-bond acceptors (Lipinski definition) is 5. The summed E-state index contributed by atoms with van der Waals surface area (Å²) in [5.41, 5.74) is 1.11. The Labute approximate surface area is 172 Å². The summed E-state index contributed by atoms with van der Waals surface area (Å²) in [5, 5.41) is 16.1. The molecule has 3 aromatic carbocycles. The van der Waals surface area contributed by atoms with E-state index in [0.29, 0.717) is 11.3 Å². The molecule has 1 N–H and O–H groups in total. The Morgan fingerprint density at radius 1 is 1.00 bits per heavy atom. The lowest BCUT2D eigenvalue weighted by atomic mass is 9.91. The van der Waals surface area contributed by atoms with Crippen molar-refractivity contribution in [3.05, 3.63) is 84.2 Å². The van der Waals surface area contributed by atoms with Crippen molar-refractivity contribution in [2.24, 2.45) is 0 Å². The van der Waals surface area contributed by atoms with Crippen molar-refractivity contribution < 1.29 is 9.59 Å². The third kappa shape index (κ3) is 2.81. The van der Waals surface area contributed by atoms with Crippen LogP contribution in [-0.2, 0) is 16.9 Å². The maximum atomic E-state index is 13.4. The van der Waals surface area contributed by atoms with Crippen LogP contribution < -0.4 is 5.32 Å². The predicted octanol–water partition coefficient (Wildman–Crippen LogP) is 2.78. The molecule has 0 radical (unpaired) electrons. The van der Waals surface area contributed by atoms with Crippen LogP contribution >= 0.6 is 0 Å². The normalized spacial score (nSPS) is 18.8. The largest absolute Gasteiger partial charge is 0.325 e. The lowest BCUT2D eigenvalue weighted by Crippen LogP contribution is -2.40. The van der Waals surface area contributed by atoms with Gasteiger partial charge in [-0.05, 0) is 51.4 Å². The molecule has 4 aromatic rings. The van der Waals surface area contributed by atoms with E-state index in [0.717, 1.165) is 16.3 Å². The molecular weight excluding hydrogens is 380 g/mol. The van der Waals surface area contributed by atoms with Gasteiger partial charge in [0.1, 0.15) is 11.9 Å². The summed E-state index contributed by atoms with van der Waals surface area (Å²) in [4.78, 5) is 27.4. The SMILES string of the molecule is CC1(c2cccc(-n3cnnn3)c2)NC(=O)N(Cc2cccc3ccccc23)C1=O. The van der Waals surface area contributed by atoms with Gasteiger partial charge in [0.2, 0.25) is 0 Å². The maximum Gasteiger partial charge on any atom is 0.325 e. The summed E-state index contributed by atoms with van der Waals surface area (Å²) in [7, 11) is 0. The Bertz CT molecular complexity index is 1260. The molecule has 1 aromatic heterocycles. The van der Waals surface area contributed by atoms with E-state index in [-0.39, 0.29) is 12.5 Å². The molecule has 8 nitrogen and oxygen atoms in total. The second-order valence-corrected chi connectivity index (χ2v) is 7.39. The second kappa shape index (κ2) is 6.77. The van der Waals surface area contributed by atoms with Gasteiger partial charge in [-0.3, -0.25) is 9.69 Å². The third-order valence-electron chi connectivity index (χ3n) is 5.52. The van der Waals surface area contributed by atoms with Gasteiger partial charge in [0.15, 0.2) is 0 Å². The standard InChI is InChI=1S/C22H18N6O2/c1-22(17-9-5-10-18(12-17)28-14-23-25-26-28)20(29)27(21(30)24-22)13-16-8-4-7-15-6-2-3-11-19(15)16/h2-12,14H,13H2,1H3,(H,24,30). The van der Waals surface area contributed by atoms with Gasteiger partial charge in [-0.15, -0.1) is 5.10 Å². The number of carbonyl (C=O) groups is 2. The number of carbonyl (C=O) groups excluding carboxylic acids is 2. The molecule has 148 valence electrons. The zero-order valence-electron chi connectivity index (χ0n) is 16.2. The maximum absolute atomic E-state index is 13.4. The van der Waals surface area contributed by atoms with E-state index in [1.165, 1.54) is 15.9 Å². The van der Waals surface area contributed by atoms with E-state index in [9.17, 15) is 9.59 Å². The van der Waals surface area contributed by atoms with Gasteiger partial charge < -0.3 is 5.32 Å². The summed E-state index contributed by atoms with van der Waals surface area (Å²) >= 11 is 0. The summed E-state index contributed by atoms with van der Waals surface area (Å²) in [6.45, 7) is 1.92. The minimum Gasteiger partial charge on any atom is -0.319 e. The predicted molar refractivity (Wildman–Crippen MR) is 110 cm³/mol. The first kappa shape index (κ1) is 18.0. The van der Waals surface area contributed by atoms with Gasteiger partial charge in [0, 0.05) is 0 Å². The molecule has 1 unspecified atom stereocenters. The van der Waals surface area contributed by atoms with E-state index in [1.54, 1.807) is 13.0 Å². The average Bonchev–Trinajstić information content (AvgIpc) is 3.38. The zero-order valence-corrected chi connectivity index (χ0v) is 16.2. The van der Waals surface area contributed by atoms with Crippen LogP contribution in [0.3, 0.4) is 0 Å². The molecule has 3 amide bonds. The van der Waals surface area contributed by atoms with Gasteiger partial charge in [-0.2, -0.15) is 0 Å². The first-order valence-electron chi connectivity index (χ1n) is 9.51. The Morgan fingerprint density at radius 2 is 1.80 bits per heavy atom. The molecule has 0 aliphatic carbocycles. The fraction of sp³-hybridized carbons (Fsp3) is 0.136. The smallest absolute Gasteiger partial charge is 0.319 e. The number of urea groups is 1. The molecule has 0 saturated carbocycles. The van der Waals surface area contributed by atoms with Crippen LogP contribution in [-0.4, -0.2) is 37.0 Å². The fourth-order valence-electron chi connectivity index (χ4n) is 3.88. The molecule has 5 rings (SSSR count). The highest BCUT2D eigenvalue weighted by molar-refractivity contribution is 6.07. The highest BCUT2D eigenvalue weighted by atomic mass is 16.2. The van der Waals surface area contributed by atoms with E-state index >= 15 is 0 Å². The number of imide groups is 1. The summed E-state index contributed by atoms with van der Waals surface area (Å²) < 4.78 is 1.50. The lowest BCUT2D eigenvalue weighted by molar-refractivity contribution is -0.131. The molecule has 1 fully saturated rings. The van der Waals surface area contributed by atoms with Crippen LogP contribution in [0.4, 0.5) is 4.79 Å². The summed E-state index contributed by atoms with van der Waals surface area (Å²) in [6, 6.07) is 20.7. The lowest BCUT2D eigenvalue weighted by Gasteiger charge is -2.23. The molecule has 8 heteroatoms. The van der Waals surface area contributed by atoms with Crippen molar-refractivity contribution in [3.63, 3.8) is 0 Å². The Morgan fingerprint density at radius 3 is 2.63 bits per heavy atom. The number of amides is 3. The number of benzene rings is 3. The van der Waals surface area contributed by atoms with Crippen molar-refractivity contribution >= 4 is 22.7 Å². The van der Waals surface area contributed by atoms with Crippen molar-refractivity contribution in [2.75, 3.05) is 0 Å². The summed E-state index contributed by atoms with van der Waals surface area (Å²) in [5.74, 6) is -0.297. The van der Waals surface area contributed by atoms with Crippen LogP contribution in [0.15, 0.2) is 73.1 Å². The molecular formula is C22H18N6O2. The Kier molecular flexibility index (Phi) is 4.06. The van der Waals surface area contributed by atoms with Crippen molar-refractivity contribution in [1.82, 2.24) is 30.4 Å². The molecule has 1 aliphatic heterocycles. The monoisotopic (exact) mass is 398 g/mol. The average molecular weight is 398 g/mol. The van der Waals surface area contributed by atoms with Gasteiger partial charge in [0.05, 0.1) is 12.2 Å². The molecule has 2 heterocycles. The third-order valence-corrected chi connectivity index (χ3v) is 5.52. The van der Waals surface area contributed by atoms with Crippen LogP contribution in [0.2, 0.25) is 0 Å². The minimum atomic E-state index is -1.17. The van der Waals surface area contributed by atoms with E-state index in [1.807, 2.05) is 60.7 Å². The summed E-state index contributed by atoms with van der Waals surface area (Å²) in [6.07, 6.45) is 1.48. The highest BCUT2D eigenvalue weighted by Crippen LogP contribution is 2.31. The van der Waals surface area contributed by atoms with Crippen molar-refractivity contribution in [3.8, 4) is 5.69 Å². The first-order chi connectivity index (χ1) is 14.6. The first-order valence-corrected chi connectivity index (χ1v) is 9.51. The van der Waals surface area contributed by atoms with Crippen LogP contribution in [0.25, 0.3) is 16.5 Å². The number of nitrogens with zero attached hydrogens (tertiary/aromatic N) is 5.